The molecular weight excluding hydrogens is 404 g/mol. The van der Waals surface area contributed by atoms with Gasteiger partial charge >= 0.3 is 0 Å². The molecular formula is C24H30N6O2. The molecule has 168 valence electrons. The van der Waals surface area contributed by atoms with Gasteiger partial charge in [0.2, 0.25) is 0 Å². The maximum absolute atomic E-state index is 8.68. The van der Waals surface area contributed by atoms with Gasteiger partial charge in [-0.1, -0.05) is 12.1 Å². The number of benzene rings is 1. The summed E-state index contributed by atoms with van der Waals surface area (Å²) < 4.78 is 13.1. The number of aryl methyl sites for hydroxylation is 1. The highest BCUT2D eigenvalue weighted by Crippen LogP contribution is 2.32. The third-order valence-corrected chi connectivity index (χ3v) is 6.04. The van der Waals surface area contributed by atoms with E-state index in [9.17, 15) is 0 Å². The topological polar surface area (TPSA) is 89.1 Å². The normalized spacial score (nSPS) is 20.5. The lowest BCUT2D eigenvalue weighted by Crippen LogP contribution is -2.29. The molecule has 2 aliphatic heterocycles. The van der Waals surface area contributed by atoms with Crippen LogP contribution in [0.4, 0.5) is 5.69 Å². The molecule has 2 saturated heterocycles. The lowest BCUT2D eigenvalue weighted by Gasteiger charge is -2.29. The van der Waals surface area contributed by atoms with Crippen LogP contribution in [0.1, 0.15) is 50.4 Å². The monoisotopic (exact) mass is 434 g/mol. The lowest BCUT2D eigenvalue weighted by molar-refractivity contribution is 0.00667. The molecule has 8 nitrogen and oxygen atoms in total. The van der Waals surface area contributed by atoms with Gasteiger partial charge in [-0.05, 0) is 51.2 Å². The third kappa shape index (κ3) is 4.83. The number of piperidine rings is 1. The van der Waals surface area contributed by atoms with E-state index >= 15 is 0 Å². The number of para-hydroxylation sites is 2. The average molecular weight is 435 g/mol. The highest BCUT2D eigenvalue weighted by molar-refractivity contribution is 5.72. The van der Waals surface area contributed by atoms with Gasteiger partial charge in [0, 0.05) is 13.1 Å². The fourth-order valence-electron chi connectivity index (χ4n) is 4.35. The molecule has 2 atom stereocenters. The minimum atomic E-state index is -0.0670. The molecule has 32 heavy (non-hydrogen) atoms. The summed E-state index contributed by atoms with van der Waals surface area (Å²) in [6.07, 6.45) is 9.45. The highest BCUT2D eigenvalue weighted by Gasteiger charge is 2.27. The van der Waals surface area contributed by atoms with Crippen molar-refractivity contribution in [2.75, 3.05) is 25.1 Å². The average Bonchev–Trinajstić information content (AvgIpc) is 3.48. The van der Waals surface area contributed by atoms with Crippen molar-refractivity contribution in [1.29, 1.82) is 5.26 Å². The van der Waals surface area contributed by atoms with Crippen molar-refractivity contribution in [1.82, 2.24) is 19.5 Å². The predicted octanol–water partition coefficient (Wildman–Crippen LogP) is 4.41. The molecule has 4 heterocycles. The van der Waals surface area contributed by atoms with Crippen LogP contribution in [0.25, 0.3) is 11.2 Å². The van der Waals surface area contributed by atoms with E-state index in [1.807, 2.05) is 23.6 Å². The molecule has 1 aromatic carbocycles. The number of nitriles is 1. The zero-order valence-corrected chi connectivity index (χ0v) is 18.8. The molecule has 0 spiro atoms. The van der Waals surface area contributed by atoms with Gasteiger partial charge < -0.3 is 14.4 Å². The van der Waals surface area contributed by atoms with E-state index in [0.29, 0.717) is 6.42 Å². The molecule has 2 unspecified atom stereocenters. The number of nitrogens with zero attached hydrogens (tertiary/aromatic N) is 6. The number of fused-ring (bicyclic) bond motifs is 1. The molecule has 3 aromatic rings. The Morgan fingerprint density at radius 3 is 2.72 bits per heavy atom. The Kier molecular flexibility index (Phi) is 7.17. The first-order valence-electron chi connectivity index (χ1n) is 11.3. The van der Waals surface area contributed by atoms with Crippen molar-refractivity contribution in [3.8, 4) is 11.8 Å². The summed E-state index contributed by atoms with van der Waals surface area (Å²) in [7, 11) is 1.74. The first-order valence-corrected chi connectivity index (χ1v) is 11.3. The number of methoxy groups -OCH3 is 1. The van der Waals surface area contributed by atoms with Crippen molar-refractivity contribution in [3.05, 3.63) is 42.6 Å². The quantitative estimate of drug-likeness (QED) is 0.601. The summed E-state index contributed by atoms with van der Waals surface area (Å²) in [6.45, 7) is 4.25. The molecule has 0 saturated carbocycles. The Morgan fingerprint density at radius 2 is 1.94 bits per heavy atom. The Labute approximate surface area is 188 Å². The van der Waals surface area contributed by atoms with Gasteiger partial charge in [0.1, 0.15) is 23.8 Å². The van der Waals surface area contributed by atoms with Crippen LogP contribution in [-0.2, 0) is 4.74 Å². The fourth-order valence-corrected chi connectivity index (χ4v) is 4.35. The van der Waals surface area contributed by atoms with Crippen molar-refractivity contribution in [2.24, 2.45) is 0 Å². The van der Waals surface area contributed by atoms with E-state index in [2.05, 4.69) is 38.1 Å². The number of hydrogen-bond acceptors (Lipinski definition) is 7. The van der Waals surface area contributed by atoms with Crippen LogP contribution in [0, 0.1) is 18.3 Å². The second-order valence-electron chi connectivity index (χ2n) is 8.16. The number of rotatable bonds is 4. The minimum absolute atomic E-state index is 0.0281. The van der Waals surface area contributed by atoms with Gasteiger partial charge in [0.25, 0.3) is 0 Å². The molecule has 0 N–H and O–H groups in total. The smallest absolute Gasteiger partial charge is 0.165 e. The van der Waals surface area contributed by atoms with Crippen LogP contribution >= 0.6 is 0 Å². The highest BCUT2D eigenvalue weighted by atomic mass is 16.5. The van der Waals surface area contributed by atoms with Crippen LogP contribution in [0.5, 0.6) is 5.75 Å². The Balaban J connectivity index is 0.000000158. The third-order valence-electron chi connectivity index (χ3n) is 6.04. The van der Waals surface area contributed by atoms with Gasteiger partial charge in [-0.15, -0.1) is 0 Å². The van der Waals surface area contributed by atoms with Crippen LogP contribution in [0.3, 0.4) is 0 Å². The minimum Gasteiger partial charge on any atom is -0.495 e. The number of imidazole rings is 1. The molecule has 0 radical (unpaired) electrons. The first-order chi connectivity index (χ1) is 15.7. The standard InChI is InChI=1S/C12H13N5O.C12H17NO/c1-8-11-12(15-6-14-8)17(7-16-11)10-3-2-9(18-10)4-5-13;1-14-12-8-4-3-7-11(12)13-9-5-2-6-10-13/h6-7,9-10H,2-4H2,1H3;3-4,7-8H,2,5-6,9-10H2,1H3. The first kappa shape index (κ1) is 22.0. The number of anilines is 1. The molecule has 2 aromatic heterocycles. The molecule has 0 bridgehead atoms. The predicted molar refractivity (Wildman–Crippen MR) is 122 cm³/mol. The molecule has 5 rings (SSSR count). The fraction of sp³-hybridized carbons (Fsp3) is 0.500. The summed E-state index contributed by atoms with van der Waals surface area (Å²) in [4.78, 5) is 15.1. The number of ether oxygens (including phenoxy) is 2. The van der Waals surface area contributed by atoms with Crippen LogP contribution in [0.15, 0.2) is 36.9 Å². The maximum Gasteiger partial charge on any atom is 0.165 e. The molecule has 0 aliphatic carbocycles. The van der Waals surface area contributed by atoms with E-state index in [4.69, 9.17) is 14.7 Å². The van der Waals surface area contributed by atoms with Crippen molar-refractivity contribution in [2.45, 2.75) is 57.8 Å². The van der Waals surface area contributed by atoms with Crippen molar-refractivity contribution >= 4 is 16.9 Å². The number of hydrogen-bond donors (Lipinski definition) is 0. The van der Waals surface area contributed by atoms with E-state index in [1.165, 1.54) is 44.4 Å². The van der Waals surface area contributed by atoms with Crippen molar-refractivity contribution < 1.29 is 9.47 Å². The summed E-state index contributed by atoms with van der Waals surface area (Å²) in [5.74, 6) is 0.995. The summed E-state index contributed by atoms with van der Waals surface area (Å²) >= 11 is 0. The molecule has 0 amide bonds. The van der Waals surface area contributed by atoms with E-state index < -0.39 is 0 Å². The Bertz CT molecular complexity index is 1070. The summed E-state index contributed by atoms with van der Waals surface area (Å²) in [5.41, 5.74) is 3.72. The van der Waals surface area contributed by atoms with E-state index in [1.54, 1.807) is 13.4 Å². The van der Waals surface area contributed by atoms with Gasteiger partial charge in [-0.2, -0.15) is 5.26 Å². The van der Waals surface area contributed by atoms with Crippen LogP contribution < -0.4 is 9.64 Å². The van der Waals surface area contributed by atoms with Gasteiger partial charge in [0.05, 0.1) is 43.4 Å². The Morgan fingerprint density at radius 1 is 1.12 bits per heavy atom. The SMILES string of the molecule is COc1ccccc1N1CCCCC1.Cc1ncnc2c1ncn2C1CCC(CC#N)O1. The maximum atomic E-state index is 8.68. The van der Waals surface area contributed by atoms with Crippen molar-refractivity contribution in [3.63, 3.8) is 0 Å². The van der Waals surface area contributed by atoms with Gasteiger partial charge in [-0.3, -0.25) is 4.57 Å². The summed E-state index contributed by atoms with van der Waals surface area (Å²) in [6, 6.07) is 10.4. The van der Waals surface area contributed by atoms with Crippen LogP contribution in [0.2, 0.25) is 0 Å². The zero-order valence-electron chi connectivity index (χ0n) is 18.8. The second-order valence-corrected chi connectivity index (χ2v) is 8.16. The van der Waals surface area contributed by atoms with Crippen LogP contribution in [-0.4, -0.2) is 45.8 Å². The molecule has 2 aliphatic rings. The van der Waals surface area contributed by atoms with E-state index in [-0.39, 0.29) is 12.3 Å². The molecule has 8 heteroatoms. The molecule has 2 fully saturated rings. The zero-order chi connectivity index (χ0) is 22.3. The Hall–Kier alpha value is -3.18. The van der Waals surface area contributed by atoms with Gasteiger partial charge in [-0.25, -0.2) is 15.0 Å². The largest absolute Gasteiger partial charge is 0.495 e. The van der Waals surface area contributed by atoms with Gasteiger partial charge in [0.15, 0.2) is 5.65 Å². The van der Waals surface area contributed by atoms with E-state index in [0.717, 1.165) is 35.4 Å². The summed E-state index contributed by atoms with van der Waals surface area (Å²) in [5, 5.41) is 8.68. The number of aromatic nitrogens is 4. The lowest BCUT2D eigenvalue weighted by atomic mass is 10.1. The second kappa shape index (κ2) is 10.4.